The molecule has 0 unspecified atom stereocenters. The zero-order valence-corrected chi connectivity index (χ0v) is 8.37. The highest BCUT2D eigenvalue weighted by Crippen LogP contribution is 2.32. The summed E-state index contributed by atoms with van der Waals surface area (Å²) < 4.78 is 10.4. The highest BCUT2D eigenvalue weighted by atomic mass is 16.7. The second kappa shape index (κ2) is 4.18. The Labute approximate surface area is 87.3 Å². The van der Waals surface area contributed by atoms with E-state index in [0.29, 0.717) is 12.2 Å². The first-order chi connectivity index (χ1) is 7.29. The summed E-state index contributed by atoms with van der Waals surface area (Å²) in [6.45, 7) is 0.251. The molecule has 80 valence electrons. The van der Waals surface area contributed by atoms with E-state index < -0.39 is 0 Å². The summed E-state index contributed by atoms with van der Waals surface area (Å²) in [4.78, 5) is 11.3. The van der Waals surface area contributed by atoms with Gasteiger partial charge >= 0.3 is 0 Å². The number of nitrogens with one attached hydrogen (secondary N) is 2. The molecule has 1 amide bonds. The number of carbonyl (C=O) groups is 1. The van der Waals surface area contributed by atoms with Gasteiger partial charge in [-0.2, -0.15) is 0 Å². The van der Waals surface area contributed by atoms with Gasteiger partial charge in [0.05, 0.1) is 6.42 Å². The third-order valence-electron chi connectivity index (χ3n) is 2.07. The molecule has 0 radical (unpaired) electrons. The quantitative estimate of drug-likeness (QED) is 0.697. The van der Waals surface area contributed by atoms with Crippen molar-refractivity contribution in [2.24, 2.45) is 0 Å². The number of hydrogen-bond donors (Lipinski definition) is 2. The fourth-order valence-corrected chi connectivity index (χ4v) is 1.42. The number of fused-ring (bicyclic) bond motifs is 1. The average molecular weight is 208 g/mol. The zero-order valence-electron chi connectivity index (χ0n) is 8.37. The molecule has 0 aromatic heterocycles. The maximum atomic E-state index is 11.3. The number of ether oxygens (including phenoxy) is 2. The molecule has 0 spiro atoms. The van der Waals surface area contributed by atoms with E-state index in [4.69, 9.17) is 9.47 Å². The Morgan fingerprint density at radius 3 is 3.00 bits per heavy atom. The number of carbonyl (C=O) groups excluding carboxylic acids is 1. The minimum Gasteiger partial charge on any atom is -0.454 e. The highest BCUT2D eigenvalue weighted by Gasteiger charge is 2.14. The van der Waals surface area contributed by atoms with Gasteiger partial charge in [0.1, 0.15) is 0 Å². The molecule has 0 bridgehead atoms. The van der Waals surface area contributed by atoms with Crippen LogP contribution in [0.4, 0.5) is 0 Å². The van der Waals surface area contributed by atoms with Crippen LogP contribution in [0.5, 0.6) is 11.5 Å². The number of amides is 1. The van der Waals surface area contributed by atoms with E-state index in [0.717, 1.165) is 11.3 Å². The normalized spacial score (nSPS) is 12.6. The van der Waals surface area contributed by atoms with E-state index in [1.54, 1.807) is 7.05 Å². The maximum Gasteiger partial charge on any atom is 0.238 e. The molecule has 2 N–H and O–H groups in total. The number of rotatable bonds is 3. The van der Waals surface area contributed by atoms with Crippen LogP contribution < -0.4 is 20.3 Å². The van der Waals surface area contributed by atoms with Gasteiger partial charge in [-0.05, 0) is 17.7 Å². The van der Waals surface area contributed by atoms with Crippen molar-refractivity contribution in [3.8, 4) is 11.5 Å². The summed E-state index contributed by atoms with van der Waals surface area (Å²) in [5, 5.41) is 0. The lowest BCUT2D eigenvalue weighted by atomic mass is 10.1. The Kier molecular flexibility index (Phi) is 2.73. The van der Waals surface area contributed by atoms with E-state index >= 15 is 0 Å². The Bertz CT molecular complexity index is 379. The fraction of sp³-hybridized carbons (Fsp3) is 0.300. The maximum absolute atomic E-state index is 11.3. The molecule has 15 heavy (non-hydrogen) atoms. The molecule has 1 aliphatic rings. The van der Waals surface area contributed by atoms with E-state index in [2.05, 4.69) is 10.9 Å². The van der Waals surface area contributed by atoms with Crippen LogP contribution in [-0.2, 0) is 11.2 Å². The van der Waals surface area contributed by atoms with Crippen LogP contribution in [0, 0.1) is 0 Å². The van der Waals surface area contributed by atoms with Crippen LogP contribution in [0.1, 0.15) is 5.56 Å². The number of hydrazine groups is 1. The van der Waals surface area contributed by atoms with Gasteiger partial charge in [-0.1, -0.05) is 6.07 Å². The topological polar surface area (TPSA) is 59.6 Å². The Hall–Kier alpha value is -1.75. The van der Waals surface area contributed by atoms with Crippen molar-refractivity contribution in [2.75, 3.05) is 13.8 Å². The van der Waals surface area contributed by atoms with Gasteiger partial charge in [0, 0.05) is 7.05 Å². The first-order valence-corrected chi connectivity index (χ1v) is 4.63. The van der Waals surface area contributed by atoms with Crippen LogP contribution in [0.25, 0.3) is 0 Å². The predicted molar refractivity (Wildman–Crippen MR) is 53.5 cm³/mol. The molecule has 0 saturated carbocycles. The summed E-state index contributed by atoms with van der Waals surface area (Å²) in [5.74, 6) is 1.34. The molecule has 0 aliphatic carbocycles. The molecule has 1 aromatic carbocycles. The third-order valence-corrected chi connectivity index (χ3v) is 2.07. The van der Waals surface area contributed by atoms with Crippen molar-refractivity contribution in [3.05, 3.63) is 23.8 Å². The van der Waals surface area contributed by atoms with Crippen molar-refractivity contribution < 1.29 is 14.3 Å². The molecule has 1 heterocycles. The van der Waals surface area contributed by atoms with E-state index in [9.17, 15) is 4.79 Å². The Balaban J connectivity index is 2.06. The average Bonchev–Trinajstić information content (AvgIpc) is 2.65. The molecule has 5 nitrogen and oxygen atoms in total. The lowest BCUT2D eigenvalue weighted by molar-refractivity contribution is -0.121. The minimum absolute atomic E-state index is 0.0867. The van der Waals surface area contributed by atoms with Crippen molar-refractivity contribution >= 4 is 5.91 Å². The summed E-state index contributed by atoms with van der Waals surface area (Å²) in [6, 6.07) is 5.48. The lowest BCUT2D eigenvalue weighted by Crippen LogP contribution is -2.35. The first kappa shape index (κ1) is 9.79. The van der Waals surface area contributed by atoms with Crippen LogP contribution >= 0.6 is 0 Å². The Morgan fingerprint density at radius 2 is 2.20 bits per heavy atom. The minimum atomic E-state index is -0.0867. The van der Waals surface area contributed by atoms with Gasteiger partial charge in [0.25, 0.3) is 0 Å². The van der Waals surface area contributed by atoms with E-state index in [1.165, 1.54) is 0 Å². The smallest absolute Gasteiger partial charge is 0.238 e. The van der Waals surface area contributed by atoms with Crippen molar-refractivity contribution in [1.82, 2.24) is 10.9 Å². The first-order valence-electron chi connectivity index (χ1n) is 4.63. The molecule has 1 aliphatic heterocycles. The predicted octanol–water partition coefficient (Wildman–Crippen LogP) is 0.208. The number of hydrogen-bond acceptors (Lipinski definition) is 4. The van der Waals surface area contributed by atoms with Gasteiger partial charge in [0.15, 0.2) is 11.5 Å². The highest BCUT2D eigenvalue weighted by molar-refractivity contribution is 5.78. The summed E-state index contributed by atoms with van der Waals surface area (Å²) >= 11 is 0. The fourth-order valence-electron chi connectivity index (χ4n) is 1.42. The summed E-state index contributed by atoms with van der Waals surface area (Å²) in [7, 11) is 1.65. The molecule has 0 fully saturated rings. The third kappa shape index (κ3) is 2.19. The monoisotopic (exact) mass is 208 g/mol. The SMILES string of the molecule is CNNC(=O)Cc1ccc2c(c1)OCO2. The molecule has 1 aromatic rings. The number of benzene rings is 1. The molecule has 2 rings (SSSR count). The van der Waals surface area contributed by atoms with E-state index in [-0.39, 0.29) is 12.7 Å². The lowest BCUT2D eigenvalue weighted by Gasteiger charge is -2.03. The van der Waals surface area contributed by atoms with Gasteiger partial charge in [0.2, 0.25) is 12.7 Å². The van der Waals surface area contributed by atoms with Crippen LogP contribution in [0.3, 0.4) is 0 Å². The van der Waals surface area contributed by atoms with Crippen molar-refractivity contribution in [1.29, 1.82) is 0 Å². The van der Waals surface area contributed by atoms with Crippen LogP contribution in [-0.4, -0.2) is 19.7 Å². The van der Waals surface area contributed by atoms with Crippen LogP contribution in [0.2, 0.25) is 0 Å². The second-order valence-electron chi connectivity index (χ2n) is 3.16. The van der Waals surface area contributed by atoms with Gasteiger partial charge in [-0.25, -0.2) is 5.43 Å². The van der Waals surface area contributed by atoms with E-state index in [1.807, 2.05) is 18.2 Å². The molecular weight excluding hydrogens is 196 g/mol. The molecule has 5 heteroatoms. The van der Waals surface area contributed by atoms with Gasteiger partial charge in [-0.3, -0.25) is 10.2 Å². The standard InChI is InChI=1S/C10H12N2O3/c1-11-12-10(13)5-7-2-3-8-9(4-7)15-6-14-8/h2-4,11H,5-6H2,1H3,(H,12,13). The Morgan fingerprint density at radius 1 is 1.40 bits per heavy atom. The van der Waals surface area contributed by atoms with Crippen LogP contribution in [0.15, 0.2) is 18.2 Å². The van der Waals surface area contributed by atoms with Gasteiger partial charge < -0.3 is 9.47 Å². The molecular formula is C10H12N2O3. The second-order valence-corrected chi connectivity index (χ2v) is 3.16. The van der Waals surface area contributed by atoms with Crippen molar-refractivity contribution in [2.45, 2.75) is 6.42 Å². The largest absolute Gasteiger partial charge is 0.454 e. The van der Waals surface area contributed by atoms with Gasteiger partial charge in [-0.15, -0.1) is 0 Å². The zero-order chi connectivity index (χ0) is 10.7. The molecule has 0 saturated heterocycles. The summed E-state index contributed by atoms with van der Waals surface area (Å²) in [6.07, 6.45) is 0.317. The molecule has 0 atom stereocenters. The summed E-state index contributed by atoms with van der Waals surface area (Å²) in [5.41, 5.74) is 5.98. The van der Waals surface area contributed by atoms with Crippen molar-refractivity contribution in [3.63, 3.8) is 0 Å².